The van der Waals surface area contributed by atoms with E-state index in [0.717, 1.165) is 23.0 Å². The van der Waals surface area contributed by atoms with E-state index in [1.807, 2.05) is 0 Å². The largest absolute Gasteiger partial charge is 0.494 e. The summed E-state index contributed by atoms with van der Waals surface area (Å²) in [6.07, 6.45) is 1.13. The van der Waals surface area contributed by atoms with Gasteiger partial charge >= 0.3 is 6.18 Å². The molecular weight excluding hydrogens is 558 g/mol. The first kappa shape index (κ1) is 28.1. The average Bonchev–Trinajstić information content (AvgIpc) is 2.92. The average molecular weight is 580 g/mol. The SMILES string of the molecule is COc1cnc(-c2cc3c(F)cn(C[C@@H]4CCC[C@H](Nc5cn[nH]c(=O)c5C(F)(F)F)C4)c(=O)c3c(F)c2F)nc1. The molecule has 0 radical (unpaired) electrons. The van der Waals surface area contributed by atoms with E-state index >= 15 is 13.2 Å². The molecule has 41 heavy (non-hydrogen) atoms. The van der Waals surface area contributed by atoms with Crippen molar-refractivity contribution < 1.29 is 31.1 Å². The lowest BCUT2D eigenvalue weighted by molar-refractivity contribution is -0.138. The van der Waals surface area contributed by atoms with Crippen LogP contribution in [0.4, 0.5) is 32.0 Å². The van der Waals surface area contributed by atoms with Gasteiger partial charge in [-0.3, -0.25) is 9.59 Å². The Morgan fingerprint density at radius 2 is 1.83 bits per heavy atom. The van der Waals surface area contributed by atoms with Crippen LogP contribution in [-0.2, 0) is 12.7 Å². The fraction of sp³-hybridized carbons (Fsp3) is 0.346. The van der Waals surface area contributed by atoms with Gasteiger partial charge in [0.1, 0.15) is 11.4 Å². The van der Waals surface area contributed by atoms with Crippen molar-refractivity contribution in [2.75, 3.05) is 12.4 Å². The molecule has 2 atom stereocenters. The first-order valence-corrected chi connectivity index (χ1v) is 12.5. The molecule has 1 aromatic carbocycles. The number of pyridine rings is 1. The number of anilines is 1. The van der Waals surface area contributed by atoms with Gasteiger partial charge in [0, 0.05) is 24.2 Å². The zero-order valence-electron chi connectivity index (χ0n) is 21.4. The molecule has 3 aromatic heterocycles. The lowest BCUT2D eigenvalue weighted by Gasteiger charge is -2.31. The summed E-state index contributed by atoms with van der Waals surface area (Å²) in [6, 6.07) is 0.450. The first-order chi connectivity index (χ1) is 19.5. The molecule has 1 saturated carbocycles. The number of benzene rings is 1. The molecule has 1 fully saturated rings. The number of halogens is 6. The van der Waals surface area contributed by atoms with Crippen LogP contribution in [0.25, 0.3) is 22.2 Å². The molecule has 216 valence electrons. The number of methoxy groups -OCH3 is 1. The highest BCUT2D eigenvalue weighted by Gasteiger charge is 2.38. The minimum Gasteiger partial charge on any atom is -0.494 e. The second kappa shape index (κ2) is 10.9. The van der Waals surface area contributed by atoms with Crippen LogP contribution in [0.15, 0.2) is 40.4 Å². The molecule has 2 N–H and O–H groups in total. The van der Waals surface area contributed by atoms with Crippen LogP contribution < -0.4 is 21.2 Å². The van der Waals surface area contributed by atoms with Gasteiger partial charge in [-0.2, -0.15) is 18.3 Å². The van der Waals surface area contributed by atoms with E-state index in [1.54, 1.807) is 5.10 Å². The van der Waals surface area contributed by atoms with Crippen molar-refractivity contribution in [2.24, 2.45) is 5.92 Å². The van der Waals surface area contributed by atoms with Crippen LogP contribution in [0.5, 0.6) is 5.75 Å². The number of H-pyrrole nitrogens is 1. The number of aromatic nitrogens is 5. The number of hydrogen-bond acceptors (Lipinski definition) is 7. The highest BCUT2D eigenvalue weighted by atomic mass is 19.4. The number of nitrogens with one attached hydrogen (secondary N) is 2. The summed E-state index contributed by atoms with van der Waals surface area (Å²) in [6.45, 7) is -0.0893. The Hall–Kier alpha value is -4.43. The zero-order chi connectivity index (χ0) is 29.5. The van der Waals surface area contributed by atoms with Crippen LogP contribution >= 0.6 is 0 Å². The van der Waals surface area contributed by atoms with Crippen LogP contribution in [0.2, 0.25) is 0 Å². The number of nitrogens with zero attached hydrogens (tertiary/aromatic N) is 4. The molecule has 0 unspecified atom stereocenters. The predicted octanol–water partition coefficient (Wildman–Crippen LogP) is 4.66. The van der Waals surface area contributed by atoms with Gasteiger partial charge in [-0.05, 0) is 31.2 Å². The number of fused-ring (bicyclic) bond motifs is 1. The fourth-order valence-corrected chi connectivity index (χ4v) is 5.17. The molecule has 3 heterocycles. The quantitative estimate of drug-likeness (QED) is 0.319. The van der Waals surface area contributed by atoms with Gasteiger partial charge in [0.25, 0.3) is 11.1 Å². The van der Waals surface area contributed by atoms with Gasteiger partial charge < -0.3 is 14.6 Å². The Kier molecular flexibility index (Phi) is 7.44. The minimum atomic E-state index is -4.92. The summed E-state index contributed by atoms with van der Waals surface area (Å²) >= 11 is 0. The predicted molar refractivity (Wildman–Crippen MR) is 135 cm³/mol. The Morgan fingerprint density at radius 1 is 1.10 bits per heavy atom. The van der Waals surface area contributed by atoms with Crippen molar-refractivity contribution >= 4 is 16.5 Å². The van der Waals surface area contributed by atoms with E-state index in [9.17, 15) is 22.8 Å². The minimum absolute atomic E-state index is 0.0893. The molecule has 0 aliphatic heterocycles. The van der Waals surface area contributed by atoms with Gasteiger partial charge in [0.2, 0.25) is 0 Å². The van der Waals surface area contributed by atoms with Crippen LogP contribution in [0, 0.1) is 23.4 Å². The summed E-state index contributed by atoms with van der Waals surface area (Å²) in [5.41, 5.74) is -4.67. The maximum atomic E-state index is 15.2. The number of alkyl halides is 3. The molecule has 15 heteroatoms. The Balaban J connectivity index is 1.42. The molecule has 0 spiro atoms. The second-order valence-electron chi connectivity index (χ2n) is 9.72. The third-order valence-corrected chi connectivity index (χ3v) is 7.05. The van der Waals surface area contributed by atoms with Crippen LogP contribution in [-0.4, -0.2) is 37.9 Å². The number of rotatable bonds is 6. The van der Waals surface area contributed by atoms with Crippen LogP contribution in [0.3, 0.4) is 0 Å². The molecular formula is C26H22F6N6O3. The lowest BCUT2D eigenvalue weighted by Crippen LogP contribution is -2.34. The smallest absolute Gasteiger partial charge is 0.423 e. The van der Waals surface area contributed by atoms with Gasteiger partial charge in [-0.25, -0.2) is 28.2 Å². The highest BCUT2D eigenvalue weighted by molar-refractivity contribution is 5.87. The second-order valence-corrected chi connectivity index (χ2v) is 9.72. The summed E-state index contributed by atoms with van der Waals surface area (Å²) in [4.78, 5) is 32.7. The monoisotopic (exact) mass is 580 g/mol. The summed E-state index contributed by atoms with van der Waals surface area (Å²) < 4.78 is 91.6. The summed E-state index contributed by atoms with van der Waals surface area (Å²) in [5.74, 6) is -4.26. The maximum absolute atomic E-state index is 15.2. The van der Waals surface area contributed by atoms with E-state index in [2.05, 4.69) is 20.4 Å². The maximum Gasteiger partial charge on any atom is 0.423 e. The highest BCUT2D eigenvalue weighted by Crippen LogP contribution is 2.34. The fourth-order valence-electron chi connectivity index (χ4n) is 5.17. The number of aromatic amines is 1. The molecule has 1 aliphatic carbocycles. The van der Waals surface area contributed by atoms with Gasteiger partial charge in [0.05, 0.1) is 42.3 Å². The number of ether oxygens (including phenoxy) is 1. The van der Waals surface area contributed by atoms with E-state index in [1.165, 1.54) is 19.5 Å². The van der Waals surface area contributed by atoms with Gasteiger partial charge in [0.15, 0.2) is 23.2 Å². The third-order valence-electron chi connectivity index (χ3n) is 7.05. The standard InChI is InChI=1S/C26H22F6N6O3/c1-41-14-7-33-23(34-8-14)16-6-15-17(27)11-38(25(40)19(15)22(29)21(16)28)10-12-3-2-4-13(5-12)36-18-9-35-37-24(39)20(18)26(30,31)32/h6-9,11-13H,2-5,10H2,1H3,(H2,36,37,39)/t12-,13+/m1/s1. The van der Waals surface area contributed by atoms with E-state index < -0.39 is 68.4 Å². The molecule has 9 nitrogen and oxygen atoms in total. The Bertz CT molecular complexity index is 1720. The first-order valence-electron chi connectivity index (χ1n) is 12.5. The normalized spacial score (nSPS) is 17.5. The molecule has 4 aromatic rings. The van der Waals surface area contributed by atoms with Crippen molar-refractivity contribution in [2.45, 2.75) is 44.4 Å². The third kappa shape index (κ3) is 5.47. The van der Waals surface area contributed by atoms with Crippen molar-refractivity contribution in [3.05, 3.63) is 74.6 Å². The lowest BCUT2D eigenvalue weighted by atomic mass is 9.85. The molecule has 0 saturated heterocycles. The van der Waals surface area contributed by atoms with Crippen molar-refractivity contribution in [3.63, 3.8) is 0 Å². The van der Waals surface area contributed by atoms with Crippen molar-refractivity contribution in [3.8, 4) is 17.1 Å². The van der Waals surface area contributed by atoms with Crippen molar-refractivity contribution in [1.29, 1.82) is 0 Å². The molecule has 1 aliphatic rings. The van der Waals surface area contributed by atoms with E-state index in [4.69, 9.17) is 4.74 Å². The molecule has 0 amide bonds. The van der Waals surface area contributed by atoms with Crippen LogP contribution in [0.1, 0.15) is 31.2 Å². The van der Waals surface area contributed by atoms with Crippen molar-refractivity contribution in [1.82, 2.24) is 24.7 Å². The van der Waals surface area contributed by atoms with Gasteiger partial charge in [-0.15, -0.1) is 0 Å². The molecule has 0 bridgehead atoms. The Labute approximate surface area is 227 Å². The zero-order valence-corrected chi connectivity index (χ0v) is 21.4. The van der Waals surface area contributed by atoms with E-state index in [-0.39, 0.29) is 30.5 Å². The van der Waals surface area contributed by atoms with E-state index in [0.29, 0.717) is 19.3 Å². The topological polar surface area (TPSA) is 115 Å². The molecule has 5 rings (SSSR count). The number of hydrogen-bond donors (Lipinski definition) is 2. The van der Waals surface area contributed by atoms with Gasteiger partial charge in [-0.1, -0.05) is 6.42 Å². The summed E-state index contributed by atoms with van der Waals surface area (Å²) in [7, 11) is 1.37. The summed E-state index contributed by atoms with van der Waals surface area (Å²) in [5, 5.41) is 6.70. The Morgan fingerprint density at radius 3 is 2.51 bits per heavy atom.